The van der Waals surface area contributed by atoms with Gasteiger partial charge in [-0.05, 0) is 45.2 Å². The maximum atomic E-state index is 13.0. The molecule has 0 aliphatic carbocycles. The van der Waals surface area contributed by atoms with Gasteiger partial charge < -0.3 is 9.42 Å². The molecule has 0 radical (unpaired) electrons. The van der Waals surface area contributed by atoms with Crippen molar-refractivity contribution >= 4 is 29.1 Å². The third-order valence-electron chi connectivity index (χ3n) is 4.34. The third kappa shape index (κ3) is 2.98. The smallest absolute Gasteiger partial charge is 0.259 e. The van der Waals surface area contributed by atoms with Gasteiger partial charge in [-0.1, -0.05) is 34.4 Å². The van der Waals surface area contributed by atoms with Crippen LogP contribution in [0, 0.1) is 6.92 Å². The zero-order valence-electron chi connectivity index (χ0n) is 13.1. The van der Waals surface area contributed by atoms with Gasteiger partial charge in [0.05, 0.1) is 10.0 Å². The van der Waals surface area contributed by atoms with Gasteiger partial charge in [-0.2, -0.15) is 0 Å². The molecule has 0 bridgehead atoms. The molecule has 2 heterocycles. The van der Waals surface area contributed by atoms with Gasteiger partial charge in [0, 0.05) is 18.2 Å². The summed E-state index contributed by atoms with van der Waals surface area (Å²) in [7, 11) is 0. The number of halogens is 2. The van der Waals surface area contributed by atoms with Crippen LogP contribution >= 0.6 is 23.2 Å². The van der Waals surface area contributed by atoms with Crippen LogP contribution < -0.4 is 0 Å². The molecule has 122 valence electrons. The maximum Gasteiger partial charge on any atom is 0.259 e. The van der Waals surface area contributed by atoms with Crippen molar-refractivity contribution in [3.05, 3.63) is 39.6 Å². The van der Waals surface area contributed by atoms with E-state index in [1.54, 1.807) is 25.1 Å². The van der Waals surface area contributed by atoms with Crippen molar-refractivity contribution in [3.8, 4) is 11.3 Å². The van der Waals surface area contributed by atoms with E-state index >= 15 is 0 Å². The van der Waals surface area contributed by atoms with Gasteiger partial charge in [0.15, 0.2) is 0 Å². The highest BCUT2D eigenvalue weighted by Gasteiger charge is 2.31. The molecule has 0 spiro atoms. The summed E-state index contributed by atoms with van der Waals surface area (Å²) in [4.78, 5) is 14.9. The molecule has 6 heteroatoms. The number of carbonyl (C=O) groups is 1. The number of hydrogen-bond donors (Lipinski definition) is 0. The van der Waals surface area contributed by atoms with Gasteiger partial charge in [0.2, 0.25) is 0 Å². The number of piperidine rings is 1. The molecule has 1 aliphatic rings. The van der Waals surface area contributed by atoms with E-state index in [-0.39, 0.29) is 11.9 Å². The Morgan fingerprint density at radius 1 is 1.30 bits per heavy atom. The molecule has 0 unspecified atom stereocenters. The summed E-state index contributed by atoms with van der Waals surface area (Å²) >= 11 is 12.5. The molecule has 4 nitrogen and oxygen atoms in total. The molecule has 0 N–H and O–H groups in total. The molecule has 0 saturated carbocycles. The van der Waals surface area contributed by atoms with Crippen LogP contribution in [0.15, 0.2) is 22.7 Å². The highest BCUT2D eigenvalue weighted by atomic mass is 35.5. The second-order valence-corrected chi connectivity index (χ2v) is 6.72. The molecule has 1 fully saturated rings. The van der Waals surface area contributed by atoms with Gasteiger partial charge in [-0.3, -0.25) is 4.79 Å². The van der Waals surface area contributed by atoms with E-state index in [0.717, 1.165) is 25.8 Å². The van der Waals surface area contributed by atoms with E-state index in [2.05, 4.69) is 12.1 Å². The van der Waals surface area contributed by atoms with Gasteiger partial charge in [0.1, 0.15) is 17.0 Å². The Morgan fingerprint density at radius 3 is 2.65 bits per heavy atom. The third-order valence-corrected chi connectivity index (χ3v) is 4.97. The zero-order chi connectivity index (χ0) is 16.6. The quantitative estimate of drug-likeness (QED) is 0.766. The van der Waals surface area contributed by atoms with Crippen LogP contribution in [0.5, 0.6) is 0 Å². The van der Waals surface area contributed by atoms with Crippen molar-refractivity contribution in [1.29, 1.82) is 0 Å². The minimum Gasteiger partial charge on any atom is -0.360 e. The topological polar surface area (TPSA) is 46.3 Å². The summed E-state index contributed by atoms with van der Waals surface area (Å²) in [6.45, 7) is 4.56. The fraction of sp³-hybridized carbons (Fsp3) is 0.412. The predicted octanol–water partition coefficient (Wildman–Crippen LogP) is 4.97. The molecule has 1 saturated heterocycles. The fourth-order valence-corrected chi connectivity index (χ4v) is 3.64. The summed E-state index contributed by atoms with van der Waals surface area (Å²) in [5, 5.41) is 4.96. The molecule has 1 atom stereocenters. The van der Waals surface area contributed by atoms with Crippen molar-refractivity contribution in [2.45, 2.75) is 39.2 Å². The summed E-state index contributed by atoms with van der Waals surface area (Å²) in [6, 6.07) is 5.42. The Kier molecular flexibility index (Phi) is 4.64. The Morgan fingerprint density at radius 2 is 2.00 bits per heavy atom. The van der Waals surface area contributed by atoms with Crippen molar-refractivity contribution in [3.63, 3.8) is 0 Å². The zero-order valence-corrected chi connectivity index (χ0v) is 14.6. The van der Waals surface area contributed by atoms with Crippen LogP contribution in [0.2, 0.25) is 10.0 Å². The van der Waals surface area contributed by atoms with E-state index in [1.807, 2.05) is 4.90 Å². The Labute approximate surface area is 145 Å². The van der Waals surface area contributed by atoms with Crippen molar-refractivity contribution in [1.82, 2.24) is 10.1 Å². The first-order valence-electron chi connectivity index (χ1n) is 7.72. The lowest BCUT2D eigenvalue weighted by molar-refractivity contribution is 0.0634. The highest BCUT2D eigenvalue weighted by molar-refractivity contribution is 6.39. The van der Waals surface area contributed by atoms with Crippen LogP contribution in [0.25, 0.3) is 11.3 Å². The second kappa shape index (κ2) is 6.54. The normalized spacial score (nSPS) is 18.3. The Hall–Kier alpha value is -1.52. The number of aryl methyl sites for hydroxylation is 1. The summed E-state index contributed by atoms with van der Waals surface area (Å²) in [5.74, 6) is 0.417. The Bertz CT molecular complexity index is 722. The Balaban J connectivity index is 2.07. The molecule has 1 aromatic carbocycles. The average molecular weight is 353 g/mol. The lowest BCUT2D eigenvalue weighted by atomic mass is 10.00. The van der Waals surface area contributed by atoms with Crippen LogP contribution in [-0.2, 0) is 0 Å². The first-order valence-corrected chi connectivity index (χ1v) is 8.48. The van der Waals surface area contributed by atoms with E-state index < -0.39 is 0 Å². The first kappa shape index (κ1) is 16.3. The standard InChI is InChI=1S/C17H18Cl2N2O2/c1-10-6-3-4-9-21(10)17(22)14-11(2)23-20-16(14)15-12(18)7-5-8-13(15)19/h5,7-8,10H,3-4,6,9H2,1-2H3/t10-/m0/s1. The van der Waals surface area contributed by atoms with Gasteiger partial charge >= 0.3 is 0 Å². The lowest BCUT2D eigenvalue weighted by Gasteiger charge is -2.33. The largest absolute Gasteiger partial charge is 0.360 e. The van der Waals surface area contributed by atoms with Gasteiger partial charge in [-0.15, -0.1) is 0 Å². The average Bonchev–Trinajstić information content (AvgIpc) is 2.88. The predicted molar refractivity (Wildman–Crippen MR) is 91.0 cm³/mol. The number of rotatable bonds is 2. The van der Waals surface area contributed by atoms with Crippen LogP contribution in [0.3, 0.4) is 0 Å². The molecule has 23 heavy (non-hydrogen) atoms. The molecule has 1 aromatic heterocycles. The van der Waals surface area contributed by atoms with Crippen molar-refractivity contribution in [2.24, 2.45) is 0 Å². The first-order chi connectivity index (χ1) is 11.0. The van der Waals surface area contributed by atoms with Crippen LogP contribution in [0.1, 0.15) is 42.3 Å². The molecule has 3 rings (SSSR count). The number of nitrogens with zero attached hydrogens (tertiary/aromatic N) is 2. The SMILES string of the molecule is Cc1onc(-c2c(Cl)cccc2Cl)c1C(=O)N1CCCC[C@@H]1C. The molecule has 1 aliphatic heterocycles. The van der Waals surface area contributed by atoms with Crippen LogP contribution in [0.4, 0.5) is 0 Å². The minimum atomic E-state index is -0.0677. The van der Waals surface area contributed by atoms with E-state index in [9.17, 15) is 4.79 Å². The minimum absolute atomic E-state index is 0.0677. The number of likely N-dealkylation sites (tertiary alicyclic amines) is 1. The lowest BCUT2D eigenvalue weighted by Crippen LogP contribution is -2.42. The number of hydrogen-bond acceptors (Lipinski definition) is 3. The molecule has 2 aromatic rings. The molecular formula is C17H18Cl2N2O2. The number of carbonyl (C=O) groups excluding carboxylic acids is 1. The van der Waals surface area contributed by atoms with Crippen LogP contribution in [-0.4, -0.2) is 28.6 Å². The maximum absolute atomic E-state index is 13.0. The van der Waals surface area contributed by atoms with E-state index in [4.69, 9.17) is 27.7 Å². The second-order valence-electron chi connectivity index (χ2n) is 5.90. The van der Waals surface area contributed by atoms with E-state index in [1.165, 1.54) is 0 Å². The van der Waals surface area contributed by atoms with Gasteiger partial charge in [0.25, 0.3) is 5.91 Å². The molecular weight excluding hydrogens is 335 g/mol. The number of aromatic nitrogens is 1. The van der Waals surface area contributed by atoms with E-state index in [0.29, 0.717) is 32.6 Å². The van der Waals surface area contributed by atoms with Crippen molar-refractivity contribution in [2.75, 3.05) is 6.54 Å². The highest BCUT2D eigenvalue weighted by Crippen LogP contribution is 2.37. The number of amides is 1. The summed E-state index contributed by atoms with van der Waals surface area (Å²) in [5.41, 5.74) is 1.41. The van der Waals surface area contributed by atoms with Gasteiger partial charge in [-0.25, -0.2) is 0 Å². The molecule has 1 amide bonds. The summed E-state index contributed by atoms with van der Waals surface area (Å²) in [6.07, 6.45) is 3.18. The number of benzene rings is 1. The summed E-state index contributed by atoms with van der Waals surface area (Å²) < 4.78 is 5.29. The monoisotopic (exact) mass is 352 g/mol. The fourth-order valence-electron chi connectivity index (χ4n) is 3.06. The van der Waals surface area contributed by atoms with Crippen molar-refractivity contribution < 1.29 is 9.32 Å².